The molecule has 1 aromatic carbocycles. The molecule has 0 amide bonds. The quantitative estimate of drug-likeness (QED) is 0.739. The molecule has 1 aromatic heterocycles. The molecule has 0 saturated carbocycles. The first-order valence-electron chi connectivity index (χ1n) is 4.41. The third-order valence-corrected chi connectivity index (χ3v) is 1.93. The zero-order valence-corrected chi connectivity index (χ0v) is 7.83. The number of hydrogen-bond acceptors (Lipinski definition) is 4. The minimum Gasteiger partial charge on any atom is -0.512 e. The van der Waals surface area contributed by atoms with Crippen molar-refractivity contribution in [2.75, 3.05) is 0 Å². The van der Waals surface area contributed by atoms with Gasteiger partial charge < -0.3 is 19.1 Å². The number of rotatable bonds is 3. The Labute approximate surface area is 86.9 Å². The Balaban J connectivity index is 2.27. The standard InChI is InChI=1S/C10H9BO4/c12-11(13)15-10-3-1-2-8(6-10)9-4-5-14-7-9/h1-7,12-13H. The summed E-state index contributed by atoms with van der Waals surface area (Å²) in [5, 5.41) is 17.3. The van der Waals surface area contributed by atoms with E-state index in [4.69, 9.17) is 19.1 Å². The van der Waals surface area contributed by atoms with Gasteiger partial charge in [0, 0.05) is 5.56 Å². The third kappa shape index (κ3) is 2.40. The lowest BCUT2D eigenvalue weighted by molar-refractivity contribution is 0.288. The molecule has 5 heteroatoms. The molecule has 0 radical (unpaired) electrons. The van der Waals surface area contributed by atoms with Gasteiger partial charge in [-0.3, -0.25) is 0 Å². The lowest BCUT2D eigenvalue weighted by Crippen LogP contribution is -2.20. The molecule has 0 fully saturated rings. The Morgan fingerprint density at radius 1 is 1.13 bits per heavy atom. The van der Waals surface area contributed by atoms with Gasteiger partial charge in [0.25, 0.3) is 0 Å². The first-order chi connectivity index (χ1) is 7.25. The van der Waals surface area contributed by atoms with Gasteiger partial charge in [-0.15, -0.1) is 0 Å². The predicted molar refractivity (Wildman–Crippen MR) is 55.0 cm³/mol. The van der Waals surface area contributed by atoms with Gasteiger partial charge in [-0.2, -0.15) is 0 Å². The highest BCUT2D eigenvalue weighted by molar-refractivity contribution is 6.33. The highest BCUT2D eigenvalue weighted by atomic mass is 16.6. The first kappa shape index (κ1) is 9.83. The van der Waals surface area contributed by atoms with Gasteiger partial charge in [-0.05, 0) is 23.8 Å². The summed E-state index contributed by atoms with van der Waals surface area (Å²) in [7, 11) is -1.80. The maximum atomic E-state index is 8.64. The van der Waals surface area contributed by atoms with Crippen molar-refractivity contribution < 1.29 is 19.1 Å². The predicted octanol–water partition coefficient (Wildman–Crippen LogP) is 1.29. The van der Waals surface area contributed by atoms with Crippen molar-refractivity contribution in [2.45, 2.75) is 0 Å². The Hall–Kier alpha value is -1.72. The number of furan rings is 1. The first-order valence-corrected chi connectivity index (χ1v) is 4.41. The maximum Gasteiger partial charge on any atom is 0.707 e. The molecule has 2 rings (SSSR count). The van der Waals surface area contributed by atoms with E-state index in [2.05, 4.69) is 0 Å². The average Bonchev–Trinajstić information content (AvgIpc) is 2.69. The van der Waals surface area contributed by atoms with E-state index in [1.165, 1.54) is 0 Å². The van der Waals surface area contributed by atoms with Crippen molar-refractivity contribution >= 4 is 7.32 Å². The molecule has 0 aliphatic carbocycles. The Morgan fingerprint density at radius 3 is 2.67 bits per heavy atom. The monoisotopic (exact) mass is 204 g/mol. The molecular weight excluding hydrogens is 195 g/mol. The summed E-state index contributed by atoms with van der Waals surface area (Å²) < 4.78 is 9.68. The normalized spacial score (nSPS) is 10.0. The van der Waals surface area contributed by atoms with E-state index in [0.717, 1.165) is 11.1 Å². The van der Waals surface area contributed by atoms with Crippen LogP contribution in [-0.2, 0) is 0 Å². The summed E-state index contributed by atoms with van der Waals surface area (Å²) in [4.78, 5) is 0. The fourth-order valence-corrected chi connectivity index (χ4v) is 1.30. The molecule has 15 heavy (non-hydrogen) atoms. The van der Waals surface area contributed by atoms with Crippen LogP contribution in [0.4, 0.5) is 0 Å². The fraction of sp³-hybridized carbons (Fsp3) is 0. The molecule has 1 heterocycles. The second kappa shape index (κ2) is 4.21. The maximum absolute atomic E-state index is 8.64. The summed E-state index contributed by atoms with van der Waals surface area (Å²) in [5.41, 5.74) is 1.80. The molecule has 2 N–H and O–H groups in total. The van der Waals surface area contributed by atoms with Crippen molar-refractivity contribution in [1.82, 2.24) is 0 Å². The smallest absolute Gasteiger partial charge is 0.512 e. The second-order valence-electron chi connectivity index (χ2n) is 2.98. The highest BCUT2D eigenvalue weighted by Crippen LogP contribution is 2.24. The van der Waals surface area contributed by atoms with Gasteiger partial charge >= 0.3 is 7.32 Å². The van der Waals surface area contributed by atoms with Crippen molar-refractivity contribution in [1.29, 1.82) is 0 Å². The Bertz CT molecular complexity index is 425. The molecule has 0 bridgehead atoms. The molecule has 0 unspecified atom stereocenters. The molecular formula is C10H9BO4. The Morgan fingerprint density at radius 2 is 2.00 bits per heavy atom. The van der Waals surface area contributed by atoms with E-state index in [1.807, 2.05) is 12.1 Å². The van der Waals surface area contributed by atoms with Crippen LogP contribution >= 0.6 is 0 Å². The lowest BCUT2D eigenvalue weighted by atomic mass is 10.1. The molecule has 0 atom stereocenters. The summed E-state index contributed by atoms with van der Waals surface area (Å²) in [6.07, 6.45) is 3.18. The van der Waals surface area contributed by atoms with Crippen LogP contribution in [0.1, 0.15) is 0 Å². The second-order valence-corrected chi connectivity index (χ2v) is 2.98. The minimum atomic E-state index is -1.80. The summed E-state index contributed by atoms with van der Waals surface area (Å²) in [6, 6.07) is 8.79. The van der Waals surface area contributed by atoms with Crippen LogP contribution < -0.4 is 4.65 Å². The molecule has 0 aliphatic heterocycles. The van der Waals surface area contributed by atoms with Gasteiger partial charge in [0.2, 0.25) is 0 Å². The zero-order chi connectivity index (χ0) is 10.7. The summed E-state index contributed by atoms with van der Waals surface area (Å²) in [5.74, 6) is 0.392. The van der Waals surface area contributed by atoms with Crippen LogP contribution in [0.5, 0.6) is 5.75 Å². The summed E-state index contributed by atoms with van der Waals surface area (Å²) in [6.45, 7) is 0. The topological polar surface area (TPSA) is 62.8 Å². The van der Waals surface area contributed by atoms with E-state index < -0.39 is 7.32 Å². The lowest BCUT2D eigenvalue weighted by Gasteiger charge is -2.05. The van der Waals surface area contributed by atoms with Crippen molar-refractivity contribution in [3.63, 3.8) is 0 Å². The van der Waals surface area contributed by atoms with Gasteiger partial charge in [0.05, 0.1) is 12.5 Å². The molecule has 76 valence electrons. The van der Waals surface area contributed by atoms with E-state index >= 15 is 0 Å². The van der Waals surface area contributed by atoms with Gasteiger partial charge in [0.1, 0.15) is 5.75 Å². The van der Waals surface area contributed by atoms with E-state index in [9.17, 15) is 0 Å². The zero-order valence-electron chi connectivity index (χ0n) is 7.83. The van der Waals surface area contributed by atoms with Crippen LogP contribution in [0.25, 0.3) is 11.1 Å². The largest absolute Gasteiger partial charge is 0.707 e. The molecule has 0 spiro atoms. The van der Waals surface area contributed by atoms with E-state index in [1.54, 1.807) is 30.7 Å². The van der Waals surface area contributed by atoms with E-state index in [-0.39, 0.29) is 0 Å². The summed E-state index contributed by atoms with van der Waals surface area (Å²) >= 11 is 0. The van der Waals surface area contributed by atoms with Crippen molar-refractivity contribution in [2.24, 2.45) is 0 Å². The highest BCUT2D eigenvalue weighted by Gasteiger charge is 2.11. The molecule has 0 saturated heterocycles. The van der Waals surface area contributed by atoms with Gasteiger partial charge in [-0.1, -0.05) is 12.1 Å². The van der Waals surface area contributed by atoms with Gasteiger partial charge in [-0.25, -0.2) is 0 Å². The Kier molecular flexibility index (Phi) is 2.76. The van der Waals surface area contributed by atoms with Gasteiger partial charge in [0.15, 0.2) is 0 Å². The van der Waals surface area contributed by atoms with Crippen molar-refractivity contribution in [3.05, 3.63) is 42.9 Å². The number of benzene rings is 1. The number of hydrogen-bond donors (Lipinski definition) is 2. The van der Waals surface area contributed by atoms with Crippen LogP contribution in [0.3, 0.4) is 0 Å². The van der Waals surface area contributed by atoms with Crippen molar-refractivity contribution in [3.8, 4) is 16.9 Å². The van der Waals surface area contributed by atoms with Crippen LogP contribution in [0.15, 0.2) is 47.3 Å². The fourth-order valence-electron chi connectivity index (χ4n) is 1.30. The van der Waals surface area contributed by atoms with Crippen LogP contribution in [-0.4, -0.2) is 17.4 Å². The minimum absolute atomic E-state index is 0.392. The molecule has 2 aromatic rings. The molecule has 0 aliphatic rings. The SMILES string of the molecule is OB(O)Oc1cccc(-c2ccoc2)c1. The third-order valence-electron chi connectivity index (χ3n) is 1.93. The van der Waals surface area contributed by atoms with Crippen LogP contribution in [0.2, 0.25) is 0 Å². The van der Waals surface area contributed by atoms with Crippen LogP contribution in [0, 0.1) is 0 Å². The molecule has 4 nitrogen and oxygen atoms in total. The average molecular weight is 204 g/mol. The van der Waals surface area contributed by atoms with E-state index in [0.29, 0.717) is 5.75 Å².